The van der Waals surface area contributed by atoms with E-state index in [0.717, 1.165) is 16.8 Å². The van der Waals surface area contributed by atoms with Gasteiger partial charge in [0.25, 0.3) is 0 Å². The number of halogens is 1. The van der Waals surface area contributed by atoms with Crippen LogP contribution in [-0.4, -0.2) is 26.0 Å². The maximum absolute atomic E-state index is 14.0. The second kappa shape index (κ2) is 6.37. The Morgan fingerprint density at radius 3 is 2.74 bits per heavy atom. The van der Waals surface area contributed by atoms with E-state index in [-0.39, 0.29) is 5.82 Å². The molecule has 2 heterocycles. The van der Waals surface area contributed by atoms with E-state index in [4.69, 9.17) is 0 Å². The van der Waals surface area contributed by atoms with Crippen LogP contribution < -0.4 is 5.32 Å². The molecule has 0 aliphatic heterocycles. The Hall–Kier alpha value is -2.41. The molecule has 0 radical (unpaired) electrons. The van der Waals surface area contributed by atoms with Crippen LogP contribution in [0.25, 0.3) is 11.3 Å². The van der Waals surface area contributed by atoms with Crippen molar-refractivity contribution in [3.05, 3.63) is 48.2 Å². The van der Waals surface area contributed by atoms with Gasteiger partial charge in [0.1, 0.15) is 5.82 Å². The number of aryl methyl sites for hydroxylation is 2. The summed E-state index contributed by atoms with van der Waals surface area (Å²) in [4.78, 5) is 9.40. The van der Waals surface area contributed by atoms with Gasteiger partial charge >= 0.3 is 0 Å². The summed E-state index contributed by atoms with van der Waals surface area (Å²) in [6.07, 6.45) is 7.09. The highest BCUT2D eigenvalue weighted by atomic mass is 32.2. The first-order valence-electron chi connectivity index (χ1n) is 7.00. The third-order valence-electron chi connectivity index (χ3n) is 3.36. The minimum absolute atomic E-state index is 0.241. The van der Waals surface area contributed by atoms with E-state index >= 15 is 0 Å². The second-order valence-electron chi connectivity index (χ2n) is 5.10. The lowest BCUT2D eigenvalue weighted by molar-refractivity contribution is 0.602. The summed E-state index contributed by atoms with van der Waals surface area (Å²) >= 11 is 1.38. The van der Waals surface area contributed by atoms with E-state index in [9.17, 15) is 4.39 Å². The fourth-order valence-corrected chi connectivity index (χ4v) is 2.68. The first-order chi connectivity index (χ1) is 11.1. The molecule has 5 nitrogen and oxygen atoms in total. The molecule has 23 heavy (non-hydrogen) atoms. The number of anilines is 2. The lowest BCUT2D eigenvalue weighted by Crippen LogP contribution is -2.00. The molecule has 0 unspecified atom stereocenters. The summed E-state index contributed by atoms with van der Waals surface area (Å²) in [6.45, 7) is 1.91. The molecular weight excluding hydrogens is 313 g/mol. The van der Waals surface area contributed by atoms with Crippen LogP contribution in [0.15, 0.2) is 41.7 Å². The lowest BCUT2D eigenvalue weighted by Gasteiger charge is -2.09. The highest BCUT2D eigenvalue weighted by Crippen LogP contribution is 2.27. The highest BCUT2D eigenvalue weighted by molar-refractivity contribution is 7.98. The first-order valence-corrected chi connectivity index (χ1v) is 8.22. The van der Waals surface area contributed by atoms with Gasteiger partial charge in [0.15, 0.2) is 0 Å². The van der Waals surface area contributed by atoms with Gasteiger partial charge in [-0.1, -0.05) is 6.07 Å². The van der Waals surface area contributed by atoms with Gasteiger partial charge in [0.05, 0.1) is 17.6 Å². The number of benzene rings is 1. The van der Waals surface area contributed by atoms with Crippen LogP contribution in [-0.2, 0) is 7.05 Å². The highest BCUT2D eigenvalue weighted by Gasteiger charge is 2.10. The van der Waals surface area contributed by atoms with Crippen LogP contribution in [0.1, 0.15) is 5.56 Å². The number of rotatable bonds is 4. The molecule has 0 spiro atoms. The summed E-state index contributed by atoms with van der Waals surface area (Å²) in [5.41, 5.74) is 3.12. The molecule has 0 aliphatic rings. The second-order valence-corrected chi connectivity index (χ2v) is 5.95. The van der Waals surface area contributed by atoms with Crippen LogP contribution in [0.4, 0.5) is 16.0 Å². The van der Waals surface area contributed by atoms with Crippen molar-refractivity contribution in [2.45, 2.75) is 11.8 Å². The monoisotopic (exact) mass is 329 g/mol. The largest absolute Gasteiger partial charge is 0.321 e. The van der Waals surface area contributed by atoms with Crippen molar-refractivity contribution >= 4 is 23.4 Å². The average molecular weight is 329 g/mol. The summed E-state index contributed by atoms with van der Waals surface area (Å²) in [5, 5.41) is 7.18. The van der Waals surface area contributed by atoms with E-state index in [1.807, 2.05) is 32.5 Å². The zero-order valence-electron chi connectivity index (χ0n) is 13.0. The smallest absolute Gasteiger partial charge is 0.227 e. The summed E-state index contributed by atoms with van der Waals surface area (Å²) in [5.74, 6) is 0.211. The molecule has 0 amide bonds. The standard InChI is InChI=1S/C16H16FN5S/c1-10-7-18-16(20-12-8-19-22(2)9-12)21-15(10)11-4-5-14(23-3)13(17)6-11/h4-9H,1-3H3,(H,18,20,21). The number of nitrogens with zero attached hydrogens (tertiary/aromatic N) is 4. The van der Waals surface area contributed by atoms with Gasteiger partial charge in [-0.25, -0.2) is 14.4 Å². The predicted octanol–water partition coefficient (Wildman–Crippen LogP) is 3.79. The molecular formula is C16H16FN5S. The molecule has 3 rings (SSSR count). The third kappa shape index (κ3) is 3.34. The van der Waals surface area contributed by atoms with Crippen molar-refractivity contribution in [3.63, 3.8) is 0 Å². The quantitative estimate of drug-likeness (QED) is 0.738. The summed E-state index contributed by atoms with van der Waals surface area (Å²) in [6, 6.07) is 5.15. The minimum atomic E-state index is -0.241. The fraction of sp³-hybridized carbons (Fsp3) is 0.188. The van der Waals surface area contributed by atoms with Gasteiger partial charge in [-0.05, 0) is 30.9 Å². The Balaban J connectivity index is 1.95. The van der Waals surface area contributed by atoms with Gasteiger partial charge in [0.2, 0.25) is 5.95 Å². The van der Waals surface area contributed by atoms with Crippen molar-refractivity contribution in [3.8, 4) is 11.3 Å². The van der Waals surface area contributed by atoms with Gasteiger partial charge in [0, 0.05) is 29.9 Å². The van der Waals surface area contributed by atoms with Crippen molar-refractivity contribution in [1.29, 1.82) is 0 Å². The van der Waals surface area contributed by atoms with Gasteiger partial charge in [-0.3, -0.25) is 4.68 Å². The van der Waals surface area contributed by atoms with Gasteiger partial charge in [-0.15, -0.1) is 11.8 Å². The predicted molar refractivity (Wildman–Crippen MR) is 90.4 cm³/mol. The molecule has 0 bridgehead atoms. The van der Waals surface area contributed by atoms with E-state index in [1.54, 1.807) is 23.1 Å². The maximum Gasteiger partial charge on any atom is 0.227 e. The lowest BCUT2D eigenvalue weighted by atomic mass is 10.1. The Morgan fingerprint density at radius 2 is 2.09 bits per heavy atom. The van der Waals surface area contributed by atoms with Crippen molar-refractivity contribution in [2.24, 2.45) is 7.05 Å². The molecule has 0 saturated carbocycles. The Morgan fingerprint density at radius 1 is 1.26 bits per heavy atom. The molecule has 0 saturated heterocycles. The zero-order chi connectivity index (χ0) is 16.4. The van der Waals surface area contributed by atoms with Gasteiger partial charge < -0.3 is 5.32 Å². The van der Waals surface area contributed by atoms with Crippen LogP contribution in [0.2, 0.25) is 0 Å². The van der Waals surface area contributed by atoms with Crippen LogP contribution >= 0.6 is 11.8 Å². The Kier molecular flexibility index (Phi) is 4.29. The number of hydrogen-bond donors (Lipinski definition) is 1. The first kappa shape index (κ1) is 15.5. The molecule has 2 aromatic heterocycles. The number of nitrogens with one attached hydrogen (secondary N) is 1. The number of thioether (sulfide) groups is 1. The minimum Gasteiger partial charge on any atom is -0.321 e. The van der Waals surface area contributed by atoms with Crippen molar-refractivity contribution in [1.82, 2.24) is 19.7 Å². The van der Waals surface area contributed by atoms with Crippen LogP contribution in [0.5, 0.6) is 0 Å². The third-order valence-corrected chi connectivity index (χ3v) is 4.13. The maximum atomic E-state index is 14.0. The van der Waals surface area contributed by atoms with Crippen LogP contribution in [0.3, 0.4) is 0 Å². The SMILES string of the molecule is CSc1ccc(-c2nc(Nc3cnn(C)c3)ncc2C)cc1F. The normalized spacial score (nSPS) is 10.8. The summed E-state index contributed by atoms with van der Waals surface area (Å²) < 4.78 is 15.7. The number of aromatic nitrogens is 4. The van der Waals surface area contributed by atoms with Crippen molar-refractivity contribution in [2.75, 3.05) is 11.6 Å². The van der Waals surface area contributed by atoms with Gasteiger partial charge in [-0.2, -0.15) is 5.10 Å². The topological polar surface area (TPSA) is 55.6 Å². The van der Waals surface area contributed by atoms with Crippen LogP contribution in [0, 0.1) is 12.7 Å². The molecule has 118 valence electrons. The Labute approximate surface area is 138 Å². The molecule has 3 aromatic rings. The molecule has 0 atom stereocenters. The van der Waals surface area contributed by atoms with E-state index in [2.05, 4.69) is 20.4 Å². The molecule has 7 heteroatoms. The molecule has 0 fully saturated rings. The van der Waals surface area contributed by atoms with E-state index < -0.39 is 0 Å². The Bertz CT molecular complexity index is 846. The van der Waals surface area contributed by atoms with E-state index in [0.29, 0.717) is 16.5 Å². The molecule has 0 aliphatic carbocycles. The average Bonchev–Trinajstić information content (AvgIpc) is 2.94. The zero-order valence-corrected chi connectivity index (χ0v) is 13.9. The fourth-order valence-electron chi connectivity index (χ4n) is 2.22. The molecule has 1 N–H and O–H groups in total. The summed E-state index contributed by atoms with van der Waals surface area (Å²) in [7, 11) is 1.84. The molecule has 1 aromatic carbocycles. The van der Waals surface area contributed by atoms with E-state index in [1.165, 1.54) is 17.8 Å². The van der Waals surface area contributed by atoms with Crippen molar-refractivity contribution < 1.29 is 4.39 Å². The number of hydrogen-bond acceptors (Lipinski definition) is 5.